The van der Waals surface area contributed by atoms with E-state index in [1.807, 2.05) is 49.4 Å². The number of ether oxygens (including phenoxy) is 2. The summed E-state index contributed by atoms with van der Waals surface area (Å²) in [6, 6.07) is 14.9. The van der Waals surface area contributed by atoms with Crippen molar-refractivity contribution in [2.45, 2.75) is 13.3 Å². The molecule has 0 bridgehead atoms. The molecule has 0 heterocycles. The molecule has 24 heavy (non-hydrogen) atoms. The van der Waals surface area contributed by atoms with Gasteiger partial charge in [0.05, 0.1) is 6.61 Å². The van der Waals surface area contributed by atoms with Crippen LogP contribution in [0.1, 0.15) is 12.5 Å². The zero-order valence-electron chi connectivity index (χ0n) is 13.7. The topological polar surface area (TPSA) is 73.6 Å². The summed E-state index contributed by atoms with van der Waals surface area (Å²) < 4.78 is 11.0. The summed E-state index contributed by atoms with van der Waals surface area (Å²) in [6.45, 7) is 2.97. The van der Waals surface area contributed by atoms with Crippen LogP contribution >= 0.6 is 12.4 Å². The van der Waals surface area contributed by atoms with Crippen LogP contribution in [0.3, 0.4) is 0 Å². The van der Waals surface area contributed by atoms with E-state index in [1.54, 1.807) is 6.07 Å². The molecule has 0 radical (unpaired) electrons. The lowest BCUT2D eigenvalue weighted by Crippen LogP contribution is -2.30. The number of carbonyl (C=O) groups is 1. The van der Waals surface area contributed by atoms with E-state index < -0.39 is 0 Å². The second-order valence-corrected chi connectivity index (χ2v) is 5.01. The number of nitrogens with one attached hydrogen (secondary N) is 1. The number of nitrogen functional groups attached to an aromatic ring is 1. The first-order valence-electron chi connectivity index (χ1n) is 7.64. The Labute approximate surface area is 148 Å². The van der Waals surface area contributed by atoms with Gasteiger partial charge in [-0.25, -0.2) is 0 Å². The van der Waals surface area contributed by atoms with E-state index in [-0.39, 0.29) is 24.9 Å². The molecule has 2 aromatic rings. The van der Waals surface area contributed by atoms with Crippen molar-refractivity contribution in [2.75, 3.05) is 25.5 Å². The Morgan fingerprint density at radius 2 is 1.67 bits per heavy atom. The Morgan fingerprint density at radius 1 is 1.04 bits per heavy atom. The molecule has 0 aliphatic rings. The van der Waals surface area contributed by atoms with Gasteiger partial charge in [-0.3, -0.25) is 4.79 Å². The first-order chi connectivity index (χ1) is 11.2. The van der Waals surface area contributed by atoms with Crippen LogP contribution in [0.2, 0.25) is 0 Å². The Kier molecular flexibility index (Phi) is 8.50. The van der Waals surface area contributed by atoms with Gasteiger partial charge in [0, 0.05) is 12.2 Å². The molecule has 5 nitrogen and oxygen atoms in total. The Morgan fingerprint density at radius 3 is 2.29 bits per heavy atom. The van der Waals surface area contributed by atoms with Gasteiger partial charge in [0.1, 0.15) is 0 Å². The van der Waals surface area contributed by atoms with Gasteiger partial charge in [-0.1, -0.05) is 24.3 Å². The number of rotatable bonds is 8. The minimum Gasteiger partial charge on any atom is -0.490 e. The Balaban J connectivity index is 0.00000288. The molecule has 0 aliphatic carbocycles. The molecule has 0 atom stereocenters. The third-order valence-corrected chi connectivity index (χ3v) is 3.22. The highest BCUT2D eigenvalue weighted by Gasteiger charge is 2.07. The fourth-order valence-corrected chi connectivity index (χ4v) is 2.07. The van der Waals surface area contributed by atoms with Crippen LogP contribution in [0, 0.1) is 0 Å². The number of benzene rings is 2. The monoisotopic (exact) mass is 350 g/mol. The molecule has 0 saturated heterocycles. The van der Waals surface area contributed by atoms with Crippen molar-refractivity contribution < 1.29 is 14.3 Å². The second-order valence-electron chi connectivity index (χ2n) is 5.01. The summed E-state index contributed by atoms with van der Waals surface area (Å²) in [5, 5.41) is 2.83. The van der Waals surface area contributed by atoms with Crippen LogP contribution in [0.4, 0.5) is 5.69 Å². The number of para-hydroxylation sites is 2. The fourth-order valence-electron chi connectivity index (χ4n) is 2.07. The Bertz CT molecular complexity index is 632. The standard InChI is InChI=1S/C18H22N2O3.ClH/c1-2-22-16-5-3-4-6-17(16)23-13-18(21)20-12-11-14-7-9-15(19)10-8-14;/h3-10H,2,11-13,19H2,1H3,(H,20,21);1H. The first-order valence-corrected chi connectivity index (χ1v) is 7.64. The third kappa shape index (κ3) is 6.38. The largest absolute Gasteiger partial charge is 0.490 e. The number of carbonyl (C=O) groups excluding carboxylic acids is 1. The van der Waals surface area contributed by atoms with E-state index in [1.165, 1.54) is 0 Å². The van der Waals surface area contributed by atoms with Crippen LogP contribution in [-0.2, 0) is 11.2 Å². The zero-order valence-corrected chi connectivity index (χ0v) is 14.5. The van der Waals surface area contributed by atoms with Gasteiger partial charge in [0.15, 0.2) is 18.1 Å². The highest BCUT2D eigenvalue weighted by atomic mass is 35.5. The van der Waals surface area contributed by atoms with E-state index in [0.29, 0.717) is 24.7 Å². The van der Waals surface area contributed by atoms with E-state index in [0.717, 1.165) is 17.7 Å². The molecule has 0 spiro atoms. The maximum absolute atomic E-state index is 11.8. The van der Waals surface area contributed by atoms with Crippen molar-refractivity contribution in [1.82, 2.24) is 5.32 Å². The highest BCUT2D eigenvalue weighted by molar-refractivity contribution is 5.85. The quantitative estimate of drug-likeness (QED) is 0.718. The Hall–Kier alpha value is -2.40. The van der Waals surface area contributed by atoms with Crippen LogP contribution in [0.25, 0.3) is 0 Å². The van der Waals surface area contributed by atoms with Crippen molar-refractivity contribution in [3.63, 3.8) is 0 Å². The molecule has 130 valence electrons. The molecule has 0 unspecified atom stereocenters. The summed E-state index contributed by atoms with van der Waals surface area (Å²) >= 11 is 0. The predicted octanol–water partition coefficient (Wildman–Crippen LogP) is 2.83. The van der Waals surface area contributed by atoms with Crippen LogP contribution in [0.15, 0.2) is 48.5 Å². The van der Waals surface area contributed by atoms with Crippen LogP contribution in [0.5, 0.6) is 11.5 Å². The molecule has 1 amide bonds. The number of anilines is 1. The summed E-state index contributed by atoms with van der Waals surface area (Å²) in [4.78, 5) is 11.8. The van der Waals surface area contributed by atoms with Gasteiger partial charge < -0.3 is 20.5 Å². The molecule has 0 aromatic heterocycles. The van der Waals surface area contributed by atoms with Crippen molar-refractivity contribution in [3.8, 4) is 11.5 Å². The van der Waals surface area contributed by atoms with Crippen LogP contribution < -0.4 is 20.5 Å². The summed E-state index contributed by atoms with van der Waals surface area (Å²) in [7, 11) is 0. The van der Waals surface area contributed by atoms with Crippen molar-refractivity contribution >= 4 is 24.0 Å². The van der Waals surface area contributed by atoms with Crippen molar-refractivity contribution in [1.29, 1.82) is 0 Å². The zero-order chi connectivity index (χ0) is 16.5. The highest BCUT2D eigenvalue weighted by Crippen LogP contribution is 2.26. The number of hydrogen-bond acceptors (Lipinski definition) is 4. The third-order valence-electron chi connectivity index (χ3n) is 3.22. The average Bonchev–Trinajstić information content (AvgIpc) is 2.56. The van der Waals surface area contributed by atoms with Crippen molar-refractivity contribution in [3.05, 3.63) is 54.1 Å². The van der Waals surface area contributed by atoms with Gasteiger partial charge >= 0.3 is 0 Å². The lowest BCUT2D eigenvalue weighted by molar-refractivity contribution is -0.123. The number of amides is 1. The van der Waals surface area contributed by atoms with E-state index in [4.69, 9.17) is 15.2 Å². The normalized spacial score (nSPS) is 9.71. The van der Waals surface area contributed by atoms with Gasteiger partial charge in [-0.05, 0) is 43.2 Å². The average molecular weight is 351 g/mol. The van der Waals surface area contributed by atoms with E-state index >= 15 is 0 Å². The number of nitrogens with two attached hydrogens (primary N) is 1. The SMILES string of the molecule is CCOc1ccccc1OCC(=O)NCCc1ccc(N)cc1.Cl. The predicted molar refractivity (Wildman–Crippen MR) is 97.9 cm³/mol. The van der Waals surface area contributed by atoms with Crippen molar-refractivity contribution in [2.24, 2.45) is 0 Å². The fraction of sp³-hybridized carbons (Fsp3) is 0.278. The second kappa shape index (κ2) is 10.4. The minimum atomic E-state index is -0.160. The molecule has 0 aliphatic heterocycles. The van der Waals surface area contributed by atoms with Gasteiger partial charge in [-0.15, -0.1) is 12.4 Å². The maximum Gasteiger partial charge on any atom is 0.257 e. The minimum absolute atomic E-state index is 0. The summed E-state index contributed by atoms with van der Waals surface area (Å²) in [6.07, 6.45) is 0.752. The number of hydrogen-bond donors (Lipinski definition) is 2. The van der Waals surface area contributed by atoms with Gasteiger partial charge in [0.25, 0.3) is 5.91 Å². The van der Waals surface area contributed by atoms with E-state index in [2.05, 4.69) is 5.32 Å². The van der Waals surface area contributed by atoms with Crippen LogP contribution in [-0.4, -0.2) is 25.7 Å². The molecule has 0 fully saturated rings. The summed E-state index contributed by atoms with van der Waals surface area (Å²) in [5.74, 6) is 1.06. The molecular weight excluding hydrogens is 328 g/mol. The van der Waals surface area contributed by atoms with Gasteiger partial charge in [-0.2, -0.15) is 0 Å². The number of halogens is 1. The maximum atomic E-state index is 11.8. The molecule has 6 heteroatoms. The lowest BCUT2D eigenvalue weighted by atomic mass is 10.1. The smallest absolute Gasteiger partial charge is 0.257 e. The molecule has 2 aromatic carbocycles. The van der Waals surface area contributed by atoms with E-state index in [9.17, 15) is 4.79 Å². The van der Waals surface area contributed by atoms with Gasteiger partial charge in [0.2, 0.25) is 0 Å². The molecule has 3 N–H and O–H groups in total. The molecular formula is C18H23ClN2O3. The molecule has 2 rings (SSSR count). The first kappa shape index (κ1) is 19.6. The summed E-state index contributed by atoms with van der Waals surface area (Å²) in [5.41, 5.74) is 7.50. The lowest BCUT2D eigenvalue weighted by Gasteiger charge is -2.11. The molecule has 0 saturated carbocycles.